The van der Waals surface area contributed by atoms with E-state index in [2.05, 4.69) is 9.97 Å². The predicted molar refractivity (Wildman–Crippen MR) is 78.3 cm³/mol. The number of hydrogen-bond acceptors (Lipinski definition) is 3. The summed E-state index contributed by atoms with van der Waals surface area (Å²) in [5.74, 6) is 0.843. The Labute approximate surface area is 121 Å². The van der Waals surface area contributed by atoms with Crippen molar-refractivity contribution in [2.75, 3.05) is 0 Å². The molecule has 0 aliphatic rings. The van der Waals surface area contributed by atoms with Crippen molar-refractivity contribution in [3.63, 3.8) is 0 Å². The molecule has 0 aliphatic carbocycles. The zero-order chi connectivity index (χ0) is 15.0. The van der Waals surface area contributed by atoms with Gasteiger partial charge in [-0.3, -0.25) is 0 Å². The molecule has 6 heteroatoms. The zero-order valence-corrected chi connectivity index (χ0v) is 11.9. The Bertz CT molecular complexity index is 816. The van der Waals surface area contributed by atoms with Crippen LogP contribution in [0.15, 0.2) is 30.6 Å². The standard InChI is InChI=1S/C15H16N4O2/c1-10-17-12-5-3-4-11(15(20)21)14(12)19(10)8-6-13-16-7-9-18(13)2/h3-5,7,9H,6,8H2,1-2H3,(H,20,21). The molecule has 1 N–H and O–H groups in total. The Morgan fingerprint density at radius 2 is 2.19 bits per heavy atom. The lowest BCUT2D eigenvalue weighted by molar-refractivity contribution is 0.0698. The van der Waals surface area contributed by atoms with Crippen LogP contribution in [0.3, 0.4) is 0 Å². The number of benzene rings is 1. The highest BCUT2D eigenvalue weighted by Crippen LogP contribution is 2.21. The number of carboxylic acid groups (broad SMARTS) is 1. The van der Waals surface area contributed by atoms with Crippen molar-refractivity contribution >= 4 is 17.0 Å². The smallest absolute Gasteiger partial charge is 0.337 e. The van der Waals surface area contributed by atoms with Crippen LogP contribution >= 0.6 is 0 Å². The summed E-state index contributed by atoms with van der Waals surface area (Å²) < 4.78 is 3.92. The molecule has 21 heavy (non-hydrogen) atoms. The lowest BCUT2D eigenvalue weighted by Gasteiger charge is -2.08. The first kappa shape index (κ1) is 13.4. The molecule has 3 aromatic rings. The number of aromatic nitrogens is 4. The quantitative estimate of drug-likeness (QED) is 0.795. The molecule has 6 nitrogen and oxygen atoms in total. The Morgan fingerprint density at radius 3 is 2.86 bits per heavy atom. The van der Waals surface area contributed by atoms with Gasteiger partial charge in [-0.2, -0.15) is 0 Å². The normalized spacial score (nSPS) is 11.1. The fourth-order valence-electron chi connectivity index (χ4n) is 2.60. The maximum absolute atomic E-state index is 11.4. The van der Waals surface area contributed by atoms with Crippen molar-refractivity contribution < 1.29 is 9.90 Å². The first-order chi connectivity index (χ1) is 10.1. The van der Waals surface area contributed by atoms with Gasteiger partial charge in [-0.15, -0.1) is 0 Å². The number of carboxylic acids is 1. The number of imidazole rings is 2. The van der Waals surface area contributed by atoms with E-state index in [1.165, 1.54) is 0 Å². The molecule has 0 saturated heterocycles. The third-order valence-electron chi connectivity index (χ3n) is 3.67. The fourth-order valence-corrected chi connectivity index (χ4v) is 2.60. The second-order valence-corrected chi connectivity index (χ2v) is 4.99. The summed E-state index contributed by atoms with van der Waals surface area (Å²) in [6.45, 7) is 2.54. The number of aromatic carboxylic acids is 1. The average Bonchev–Trinajstić information content (AvgIpc) is 2.99. The molecule has 0 bridgehead atoms. The van der Waals surface area contributed by atoms with Crippen molar-refractivity contribution in [2.45, 2.75) is 19.9 Å². The van der Waals surface area contributed by atoms with Gasteiger partial charge in [0.15, 0.2) is 0 Å². The number of aryl methyl sites for hydroxylation is 4. The summed E-state index contributed by atoms with van der Waals surface area (Å²) in [6.07, 6.45) is 4.39. The van der Waals surface area contributed by atoms with Crippen LogP contribution < -0.4 is 0 Å². The van der Waals surface area contributed by atoms with Gasteiger partial charge in [0.25, 0.3) is 0 Å². The largest absolute Gasteiger partial charge is 0.478 e. The van der Waals surface area contributed by atoms with E-state index < -0.39 is 5.97 Å². The van der Waals surface area contributed by atoms with E-state index in [0.717, 1.165) is 18.1 Å². The highest BCUT2D eigenvalue weighted by atomic mass is 16.4. The molecule has 0 fully saturated rings. The Hall–Kier alpha value is -2.63. The topological polar surface area (TPSA) is 72.9 Å². The SMILES string of the molecule is Cc1nc2cccc(C(=O)O)c2n1CCc1nccn1C. The average molecular weight is 284 g/mol. The highest BCUT2D eigenvalue weighted by molar-refractivity contribution is 6.01. The van der Waals surface area contributed by atoms with Crippen molar-refractivity contribution in [1.29, 1.82) is 0 Å². The van der Waals surface area contributed by atoms with Gasteiger partial charge in [-0.25, -0.2) is 14.8 Å². The van der Waals surface area contributed by atoms with E-state index in [-0.39, 0.29) is 5.56 Å². The monoisotopic (exact) mass is 284 g/mol. The molecule has 1 aromatic carbocycles. The van der Waals surface area contributed by atoms with Crippen LogP contribution in [0, 0.1) is 6.92 Å². The molecule has 2 heterocycles. The number of nitrogens with zero attached hydrogens (tertiary/aromatic N) is 4. The van der Waals surface area contributed by atoms with E-state index in [1.54, 1.807) is 18.3 Å². The third kappa shape index (κ3) is 2.29. The summed E-state index contributed by atoms with van der Waals surface area (Å²) in [6, 6.07) is 5.18. The van der Waals surface area contributed by atoms with E-state index in [4.69, 9.17) is 0 Å². The minimum absolute atomic E-state index is 0.285. The lowest BCUT2D eigenvalue weighted by atomic mass is 10.2. The first-order valence-electron chi connectivity index (χ1n) is 6.73. The molecule has 108 valence electrons. The summed E-state index contributed by atoms with van der Waals surface area (Å²) >= 11 is 0. The molecule has 0 atom stereocenters. The summed E-state index contributed by atoms with van der Waals surface area (Å²) in [4.78, 5) is 20.2. The molecule has 0 spiro atoms. The number of rotatable bonds is 4. The van der Waals surface area contributed by atoms with Gasteiger partial charge in [0.05, 0.1) is 16.6 Å². The first-order valence-corrected chi connectivity index (χ1v) is 6.73. The van der Waals surface area contributed by atoms with Gasteiger partial charge in [0, 0.05) is 32.4 Å². The molecule has 2 aromatic heterocycles. The maximum Gasteiger partial charge on any atom is 0.337 e. The van der Waals surface area contributed by atoms with Gasteiger partial charge in [0.1, 0.15) is 11.6 Å². The molecule has 0 amide bonds. The van der Waals surface area contributed by atoms with Crippen LogP contribution in [0.2, 0.25) is 0 Å². The van der Waals surface area contributed by atoms with Crippen LogP contribution in [-0.2, 0) is 20.0 Å². The van der Waals surface area contributed by atoms with E-state index >= 15 is 0 Å². The van der Waals surface area contributed by atoms with Gasteiger partial charge < -0.3 is 14.2 Å². The third-order valence-corrected chi connectivity index (χ3v) is 3.67. The number of fused-ring (bicyclic) bond motifs is 1. The molecule has 0 aliphatic heterocycles. The molecule has 0 radical (unpaired) electrons. The summed E-state index contributed by atoms with van der Waals surface area (Å²) in [7, 11) is 1.95. The minimum Gasteiger partial charge on any atom is -0.478 e. The van der Waals surface area contributed by atoms with Crippen molar-refractivity contribution in [3.05, 3.63) is 47.8 Å². The molecular formula is C15H16N4O2. The van der Waals surface area contributed by atoms with E-state index in [9.17, 15) is 9.90 Å². The predicted octanol–water partition coefficient (Wildman–Crippen LogP) is 2.02. The lowest BCUT2D eigenvalue weighted by Crippen LogP contribution is -2.09. The van der Waals surface area contributed by atoms with E-state index in [0.29, 0.717) is 17.6 Å². The second-order valence-electron chi connectivity index (χ2n) is 4.99. The summed E-state index contributed by atoms with van der Waals surface area (Å²) in [5.41, 5.74) is 1.68. The Kier molecular flexibility index (Phi) is 3.21. The molecular weight excluding hydrogens is 268 g/mol. The van der Waals surface area contributed by atoms with Crippen molar-refractivity contribution in [1.82, 2.24) is 19.1 Å². The van der Waals surface area contributed by atoms with Crippen LogP contribution in [0.5, 0.6) is 0 Å². The maximum atomic E-state index is 11.4. The fraction of sp³-hybridized carbons (Fsp3) is 0.267. The van der Waals surface area contributed by atoms with Crippen LogP contribution in [0.1, 0.15) is 22.0 Å². The number of carbonyl (C=O) groups is 1. The molecule has 3 rings (SSSR count). The number of hydrogen-bond donors (Lipinski definition) is 1. The Morgan fingerprint density at radius 1 is 1.38 bits per heavy atom. The van der Waals surface area contributed by atoms with Gasteiger partial charge >= 0.3 is 5.97 Å². The van der Waals surface area contributed by atoms with Gasteiger partial charge in [-0.1, -0.05) is 6.07 Å². The summed E-state index contributed by atoms with van der Waals surface area (Å²) in [5, 5.41) is 9.36. The van der Waals surface area contributed by atoms with Crippen LogP contribution in [0.4, 0.5) is 0 Å². The molecule has 0 unspecified atom stereocenters. The van der Waals surface area contributed by atoms with Crippen molar-refractivity contribution in [3.8, 4) is 0 Å². The Balaban J connectivity index is 2.03. The zero-order valence-electron chi connectivity index (χ0n) is 11.9. The highest BCUT2D eigenvalue weighted by Gasteiger charge is 2.16. The van der Waals surface area contributed by atoms with Crippen molar-refractivity contribution in [2.24, 2.45) is 7.05 Å². The molecule has 0 saturated carbocycles. The van der Waals surface area contributed by atoms with E-state index in [1.807, 2.05) is 35.4 Å². The number of para-hydroxylation sites is 1. The van der Waals surface area contributed by atoms with Gasteiger partial charge in [0.2, 0.25) is 0 Å². The van der Waals surface area contributed by atoms with Crippen LogP contribution in [0.25, 0.3) is 11.0 Å². The van der Waals surface area contributed by atoms with Gasteiger partial charge in [-0.05, 0) is 19.1 Å². The second kappa shape index (κ2) is 5.05. The minimum atomic E-state index is -0.932. The van der Waals surface area contributed by atoms with Crippen LogP contribution in [-0.4, -0.2) is 30.2 Å².